The van der Waals surface area contributed by atoms with E-state index in [9.17, 15) is 18.8 Å². The molecule has 3 aromatic rings. The fourth-order valence-electron chi connectivity index (χ4n) is 3.57. The third kappa shape index (κ3) is 3.30. The maximum absolute atomic E-state index is 13.7. The number of urea groups is 1. The summed E-state index contributed by atoms with van der Waals surface area (Å²) in [6.45, 7) is 3.66. The van der Waals surface area contributed by atoms with Crippen LogP contribution in [0.25, 0.3) is 11.8 Å². The minimum atomic E-state index is -0.793. The molecule has 7 heteroatoms. The Balaban J connectivity index is 1.77. The number of barbiturate groups is 1. The number of carbonyl (C=O) groups excluding carboxylic acids is 3. The van der Waals surface area contributed by atoms with Gasteiger partial charge in [-0.1, -0.05) is 24.3 Å². The number of hydrogen-bond donors (Lipinski definition) is 1. The van der Waals surface area contributed by atoms with E-state index < -0.39 is 17.8 Å². The molecule has 0 spiro atoms. The Labute approximate surface area is 172 Å². The van der Waals surface area contributed by atoms with Gasteiger partial charge in [-0.2, -0.15) is 0 Å². The molecule has 150 valence electrons. The summed E-state index contributed by atoms with van der Waals surface area (Å²) in [4.78, 5) is 38.6. The maximum atomic E-state index is 13.7. The average Bonchev–Trinajstić information content (AvgIpc) is 2.99. The SMILES string of the molecule is Cc1cc(/C=C2\C(=O)NC(=O)N(c3ccccc3)C2=O)c(C)n1-c1cccc(F)c1. The predicted octanol–water partition coefficient (Wildman–Crippen LogP) is 3.90. The van der Waals surface area contributed by atoms with Crippen molar-refractivity contribution in [1.29, 1.82) is 0 Å². The van der Waals surface area contributed by atoms with Crippen LogP contribution in [0.5, 0.6) is 0 Å². The number of halogens is 1. The molecule has 4 rings (SSSR count). The van der Waals surface area contributed by atoms with E-state index in [1.807, 2.05) is 18.4 Å². The first-order chi connectivity index (χ1) is 14.4. The zero-order valence-electron chi connectivity index (χ0n) is 16.3. The zero-order chi connectivity index (χ0) is 21.4. The van der Waals surface area contributed by atoms with Crippen molar-refractivity contribution in [3.8, 4) is 5.69 Å². The van der Waals surface area contributed by atoms with Gasteiger partial charge in [-0.15, -0.1) is 0 Å². The van der Waals surface area contributed by atoms with Crippen molar-refractivity contribution < 1.29 is 18.8 Å². The predicted molar refractivity (Wildman–Crippen MR) is 111 cm³/mol. The van der Waals surface area contributed by atoms with Crippen molar-refractivity contribution in [3.63, 3.8) is 0 Å². The van der Waals surface area contributed by atoms with Gasteiger partial charge in [0.05, 0.1) is 5.69 Å². The average molecular weight is 403 g/mol. The normalized spacial score (nSPS) is 15.6. The van der Waals surface area contributed by atoms with E-state index in [-0.39, 0.29) is 11.4 Å². The van der Waals surface area contributed by atoms with Gasteiger partial charge in [-0.3, -0.25) is 14.9 Å². The molecule has 1 saturated heterocycles. The third-order valence-electron chi connectivity index (χ3n) is 4.95. The molecule has 1 N–H and O–H groups in total. The lowest BCUT2D eigenvalue weighted by atomic mass is 10.1. The van der Waals surface area contributed by atoms with Gasteiger partial charge in [-0.05, 0) is 61.9 Å². The first kappa shape index (κ1) is 19.3. The largest absolute Gasteiger partial charge is 0.335 e. The molecule has 1 fully saturated rings. The van der Waals surface area contributed by atoms with Crippen LogP contribution in [0.4, 0.5) is 14.9 Å². The topological polar surface area (TPSA) is 71.4 Å². The molecule has 30 heavy (non-hydrogen) atoms. The fraction of sp³-hybridized carbons (Fsp3) is 0.0870. The third-order valence-corrected chi connectivity index (χ3v) is 4.95. The number of anilines is 1. The number of carbonyl (C=O) groups is 3. The lowest BCUT2D eigenvalue weighted by Gasteiger charge is -2.26. The van der Waals surface area contributed by atoms with Gasteiger partial charge in [0.2, 0.25) is 0 Å². The molecule has 4 amide bonds. The minimum Gasteiger partial charge on any atom is -0.318 e. The number of rotatable bonds is 3. The van der Waals surface area contributed by atoms with Crippen LogP contribution in [0.3, 0.4) is 0 Å². The Morgan fingerprint density at radius 1 is 0.900 bits per heavy atom. The van der Waals surface area contributed by atoms with Crippen molar-refractivity contribution >= 4 is 29.6 Å². The van der Waals surface area contributed by atoms with Crippen LogP contribution in [-0.4, -0.2) is 22.4 Å². The molecule has 0 atom stereocenters. The number of hydrogen-bond acceptors (Lipinski definition) is 3. The molecule has 0 radical (unpaired) electrons. The molecule has 1 aliphatic rings. The minimum absolute atomic E-state index is 0.155. The lowest BCUT2D eigenvalue weighted by molar-refractivity contribution is -0.122. The van der Waals surface area contributed by atoms with Crippen LogP contribution in [0.2, 0.25) is 0 Å². The van der Waals surface area contributed by atoms with E-state index in [4.69, 9.17) is 0 Å². The van der Waals surface area contributed by atoms with Gasteiger partial charge < -0.3 is 4.57 Å². The molecule has 0 aliphatic carbocycles. The Hall–Kier alpha value is -4.00. The molecule has 1 aromatic heterocycles. The number of para-hydroxylation sites is 1. The number of aryl methyl sites for hydroxylation is 1. The number of nitrogens with one attached hydrogen (secondary N) is 1. The first-order valence-electron chi connectivity index (χ1n) is 9.28. The highest BCUT2D eigenvalue weighted by atomic mass is 19.1. The molecular weight excluding hydrogens is 385 g/mol. The van der Waals surface area contributed by atoms with Crippen LogP contribution < -0.4 is 10.2 Å². The molecular formula is C23H18FN3O3. The monoisotopic (exact) mass is 403 g/mol. The summed E-state index contributed by atoms with van der Waals surface area (Å²) >= 11 is 0. The van der Waals surface area contributed by atoms with E-state index in [1.165, 1.54) is 18.2 Å². The van der Waals surface area contributed by atoms with Gasteiger partial charge in [0.15, 0.2) is 0 Å². The summed E-state index contributed by atoms with van der Waals surface area (Å²) in [7, 11) is 0. The molecule has 6 nitrogen and oxygen atoms in total. The van der Waals surface area contributed by atoms with Crippen molar-refractivity contribution in [1.82, 2.24) is 9.88 Å². The number of amides is 4. The first-order valence-corrected chi connectivity index (χ1v) is 9.28. The number of imide groups is 2. The lowest BCUT2D eigenvalue weighted by Crippen LogP contribution is -2.54. The molecule has 1 aliphatic heterocycles. The molecule has 0 saturated carbocycles. The molecule has 0 unspecified atom stereocenters. The Morgan fingerprint density at radius 2 is 1.60 bits per heavy atom. The van der Waals surface area contributed by atoms with Crippen LogP contribution in [-0.2, 0) is 9.59 Å². The van der Waals surface area contributed by atoms with Crippen LogP contribution >= 0.6 is 0 Å². The highest BCUT2D eigenvalue weighted by Gasteiger charge is 2.36. The van der Waals surface area contributed by atoms with Gasteiger partial charge in [0, 0.05) is 17.1 Å². The molecule has 2 aromatic carbocycles. The number of benzene rings is 2. The van der Waals surface area contributed by atoms with Gasteiger partial charge in [0.1, 0.15) is 11.4 Å². The molecule has 0 bridgehead atoms. The van der Waals surface area contributed by atoms with E-state index in [0.717, 1.165) is 16.3 Å². The summed E-state index contributed by atoms with van der Waals surface area (Å²) in [5.74, 6) is -1.82. The maximum Gasteiger partial charge on any atom is 0.335 e. The number of nitrogens with zero attached hydrogens (tertiary/aromatic N) is 2. The summed E-state index contributed by atoms with van der Waals surface area (Å²) in [6.07, 6.45) is 1.46. The van der Waals surface area contributed by atoms with Crippen LogP contribution in [0.1, 0.15) is 17.0 Å². The second-order valence-electron chi connectivity index (χ2n) is 6.94. The summed E-state index contributed by atoms with van der Waals surface area (Å²) in [5, 5.41) is 2.21. The van der Waals surface area contributed by atoms with Crippen LogP contribution in [0, 0.1) is 19.7 Å². The fourth-order valence-corrected chi connectivity index (χ4v) is 3.57. The van der Waals surface area contributed by atoms with E-state index >= 15 is 0 Å². The van der Waals surface area contributed by atoms with E-state index in [2.05, 4.69) is 5.32 Å². The van der Waals surface area contributed by atoms with Gasteiger partial charge >= 0.3 is 6.03 Å². The van der Waals surface area contributed by atoms with Crippen molar-refractivity contribution in [2.75, 3.05) is 4.90 Å². The van der Waals surface area contributed by atoms with Crippen molar-refractivity contribution in [3.05, 3.63) is 89.0 Å². The standard InChI is InChI=1S/C23H18FN3O3/c1-14-11-16(15(2)26(14)19-10-6-7-17(24)13-19)12-20-21(28)25-23(30)27(22(20)29)18-8-4-3-5-9-18/h3-13H,1-2H3,(H,25,28,30)/b20-12+. The molecule has 2 heterocycles. The van der Waals surface area contributed by atoms with E-state index in [0.29, 0.717) is 16.9 Å². The van der Waals surface area contributed by atoms with E-state index in [1.54, 1.807) is 48.5 Å². The Kier molecular flexibility index (Phi) is 4.79. The highest BCUT2D eigenvalue weighted by Crippen LogP contribution is 2.26. The smallest absolute Gasteiger partial charge is 0.318 e. The Morgan fingerprint density at radius 3 is 2.30 bits per heavy atom. The van der Waals surface area contributed by atoms with Crippen molar-refractivity contribution in [2.45, 2.75) is 13.8 Å². The quantitative estimate of drug-likeness (QED) is 0.533. The summed E-state index contributed by atoms with van der Waals surface area (Å²) in [6, 6.07) is 15.5. The Bertz CT molecular complexity index is 1210. The highest BCUT2D eigenvalue weighted by molar-refractivity contribution is 6.39. The van der Waals surface area contributed by atoms with Crippen molar-refractivity contribution in [2.24, 2.45) is 0 Å². The second-order valence-corrected chi connectivity index (χ2v) is 6.94. The summed E-state index contributed by atoms with van der Waals surface area (Å²) < 4.78 is 15.5. The van der Waals surface area contributed by atoms with Crippen LogP contribution in [0.15, 0.2) is 66.2 Å². The number of aromatic nitrogens is 1. The van der Waals surface area contributed by atoms with Gasteiger partial charge in [0.25, 0.3) is 11.8 Å². The zero-order valence-corrected chi connectivity index (χ0v) is 16.3. The second kappa shape index (κ2) is 7.44. The summed E-state index contributed by atoms with van der Waals surface area (Å²) in [5.41, 5.74) is 3.01. The van der Waals surface area contributed by atoms with Gasteiger partial charge in [-0.25, -0.2) is 14.1 Å².